The van der Waals surface area contributed by atoms with Gasteiger partial charge in [0.2, 0.25) is 17.7 Å². The summed E-state index contributed by atoms with van der Waals surface area (Å²) in [5.41, 5.74) is 3.47. The van der Waals surface area contributed by atoms with Gasteiger partial charge in [0.1, 0.15) is 22.5 Å². The van der Waals surface area contributed by atoms with Gasteiger partial charge in [0.25, 0.3) is 11.8 Å². The number of benzene rings is 3. The zero-order valence-corrected chi connectivity index (χ0v) is 36.4. The number of rotatable bonds is 14. The van der Waals surface area contributed by atoms with Gasteiger partial charge in [-0.05, 0) is 114 Å². The molecule has 322 valence electrons. The van der Waals surface area contributed by atoms with Gasteiger partial charge in [0.05, 0.1) is 33.1 Å². The summed E-state index contributed by atoms with van der Waals surface area (Å²) in [5, 5.41) is 7.92. The van der Waals surface area contributed by atoms with Crippen molar-refractivity contribution in [3.63, 3.8) is 0 Å². The normalized spacial score (nSPS) is 17.8. The molecule has 3 aliphatic heterocycles. The van der Waals surface area contributed by atoms with Crippen LogP contribution in [0, 0.1) is 6.92 Å². The Hall–Kier alpha value is -5.87. The van der Waals surface area contributed by atoms with Crippen molar-refractivity contribution in [3.8, 4) is 5.75 Å². The number of aryl methyl sites for hydroxylation is 1. The quantitative estimate of drug-likeness (QED) is 0.0915. The highest BCUT2D eigenvalue weighted by Gasteiger charge is 2.45. The Morgan fingerprint density at radius 3 is 2.38 bits per heavy atom. The lowest BCUT2D eigenvalue weighted by molar-refractivity contribution is -0.136. The predicted octanol–water partition coefficient (Wildman–Crippen LogP) is 6.50. The Labute approximate surface area is 360 Å². The smallest absolute Gasteiger partial charge is 0.264 e. The molecule has 2 fully saturated rings. The number of piperidine rings is 2. The molecule has 1 atom stereocenters. The second-order valence-corrected chi connectivity index (χ2v) is 18.6. The molecule has 15 nitrogen and oxygen atoms in total. The number of nitrogens with one attached hydrogen (secondary N) is 3. The zero-order valence-electron chi connectivity index (χ0n) is 34.8. The second kappa shape index (κ2) is 18.8. The SMILES string of the molecule is C=N/C=C(Cl)\C(=N/c1cc(C)c(C2CCN(C(=O)CCNc3cccc4c3C(=O)N(C3CCC(=O)NC3=O)C4=O)CC2)cc1OC(C)C)Nc1ccccc1S(=O)(=O)C(C)C. The summed E-state index contributed by atoms with van der Waals surface area (Å²) in [4.78, 5) is 75.8. The molecule has 0 aliphatic carbocycles. The van der Waals surface area contributed by atoms with Crippen LogP contribution in [0.25, 0.3) is 0 Å². The van der Waals surface area contributed by atoms with E-state index in [4.69, 9.17) is 21.3 Å². The summed E-state index contributed by atoms with van der Waals surface area (Å²) in [6.07, 6.45) is 2.75. The van der Waals surface area contributed by atoms with Gasteiger partial charge in [0.15, 0.2) is 15.7 Å². The fourth-order valence-electron chi connectivity index (χ4n) is 7.73. The highest BCUT2D eigenvalue weighted by molar-refractivity contribution is 7.92. The first-order valence-electron chi connectivity index (χ1n) is 20.2. The van der Waals surface area contributed by atoms with Crippen LogP contribution < -0.4 is 20.7 Å². The number of sulfone groups is 1. The number of nitrogens with zero attached hydrogens (tertiary/aromatic N) is 4. The molecule has 6 rings (SSSR count). The summed E-state index contributed by atoms with van der Waals surface area (Å²) in [5.74, 6) is -1.63. The summed E-state index contributed by atoms with van der Waals surface area (Å²) in [6.45, 7) is 13.8. The zero-order chi connectivity index (χ0) is 44.2. The first-order chi connectivity index (χ1) is 29.0. The van der Waals surface area contributed by atoms with E-state index in [1.54, 1.807) is 44.2 Å². The van der Waals surface area contributed by atoms with Crippen molar-refractivity contribution < 1.29 is 37.1 Å². The third kappa shape index (κ3) is 9.70. The van der Waals surface area contributed by atoms with E-state index in [2.05, 4.69) is 27.7 Å². The van der Waals surface area contributed by atoms with E-state index in [-0.39, 0.29) is 70.6 Å². The molecule has 3 aromatic carbocycles. The lowest BCUT2D eigenvalue weighted by Gasteiger charge is -2.33. The molecule has 0 spiro atoms. The minimum Gasteiger partial charge on any atom is -0.489 e. The van der Waals surface area contributed by atoms with E-state index >= 15 is 0 Å². The average Bonchev–Trinajstić information content (AvgIpc) is 3.47. The van der Waals surface area contributed by atoms with Crippen molar-refractivity contribution in [1.29, 1.82) is 0 Å². The van der Waals surface area contributed by atoms with Crippen molar-refractivity contribution in [2.24, 2.45) is 9.98 Å². The standard InChI is InChI=1S/C44H50ClN7O8S/c1-25(2)60-36-23-30(27(5)22-34(36)49-41(31(45)24-46-6)48-32-11-7-8-13-37(32)61(58,59)26(3)4)28-17-20-51(21-18-28)39(54)16-19-47-33-12-9-10-29-40(33)44(57)52(43(29)56)35-14-15-38(53)50-42(35)55/h7-13,22-26,28,35,47H,6,14-21H2,1-5H3,(H,48,49)(H,50,53,55)/b31-24+. The molecule has 1 unspecified atom stereocenters. The van der Waals surface area contributed by atoms with Gasteiger partial charge >= 0.3 is 0 Å². The number of likely N-dealkylation sites (tertiary alicyclic amines) is 1. The van der Waals surface area contributed by atoms with Crippen molar-refractivity contribution in [1.82, 2.24) is 15.1 Å². The molecule has 61 heavy (non-hydrogen) atoms. The number of fused-ring (bicyclic) bond motifs is 1. The number of halogens is 1. The van der Waals surface area contributed by atoms with E-state index in [0.29, 0.717) is 48.7 Å². The minimum absolute atomic E-state index is 0.0255. The molecule has 2 saturated heterocycles. The highest BCUT2D eigenvalue weighted by Crippen LogP contribution is 2.39. The van der Waals surface area contributed by atoms with Gasteiger partial charge in [0, 0.05) is 44.4 Å². The average molecular weight is 872 g/mol. The lowest BCUT2D eigenvalue weighted by atomic mass is 9.86. The molecule has 17 heteroatoms. The van der Waals surface area contributed by atoms with Crippen LogP contribution in [0.5, 0.6) is 5.75 Å². The molecule has 3 N–H and O–H groups in total. The first-order valence-corrected chi connectivity index (χ1v) is 22.1. The maximum atomic E-state index is 13.5. The summed E-state index contributed by atoms with van der Waals surface area (Å²) in [7, 11) is -3.66. The number of carbonyl (C=O) groups excluding carboxylic acids is 5. The van der Waals surface area contributed by atoms with Crippen LogP contribution in [-0.4, -0.2) is 97.3 Å². The number of hydrogen-bond donors (Lipinski definition) is 3. The molecular formula is C44H50ClN7O8S. The number of anilines is 2. The monoisotopic (exact) mass is 871 g/mol. The fourth-order valence-corrected chi connectivity index (χ4v) is 9.09. The van der Waals surface area contributed by atoms with Crippen LogP contribution in [0.3, 0.4) is 0 Å². The van der Waals surface area contributed by atoms with Gasteiger partial charge in [-0.2, -0.15) is 0 Å². The predicted molar refractivity (Wildman–Crippen MR) is 235 cm³/mol. The molecule has 0 aromatic heterocycles. The number of amidine groups is 1. The summed E-state index contributed by atoms with van der Waals surface area (Å²) in [6, 6.07) is 14.2. The first kappa shape index (κ1) is 44.7. The highest BCUT2D eigenvalue weighted by atomic mass is 35.5. The van der Waals surface area contributed by atoms with E-state index < -0.39 is 44.8 Å². The number of hydrogen-bond acceptors (Lipinski definition) is 11. The Bertz CT molecular complexity index is 2440. The van der Waals surface area contributed by atoms with E-state index in [1.165, 1.54) is 18.3 Å². The van der Waals surface area contributed by atoms with Gasteiger partial charge < -0.3 is 20.3 Å². The molecule has 3 aliphatic rings. The molecule has 3 aromatic rings. The largest absolute Gasteiger partial charge is 0.489 e. The van der Waals surface area contributed by atoms with Gasteiger partial charge in [-0.15, -0.1) is 0 Å². The second-order valence-electron chi connectivity index (χ2n) is 15.7. The maximum Gasteiger partial charge on any atom is 0.264 e. The van der Waals surface area contributed by atoms with Crippen LogP contribution in [0.2, 0.25) is 0 Å². The van der Waals surface area contributed by atoms with Crippen molar-refractivity contribution in [2.45, 2.75) is 94.9 Å². The van der Waals surface area contributed by atoms with Gasteiger partial charge in [-0.3, -0.25) is 39.2 Å². The number of para-hydroxylation sites is 1. The van der Waals surface area contributed by atoms with Crippen molar-refractivity contribution >= 4 is 80.6 Å². The molecule has 0 saturated carbocycles. The topological polar surface area (TPSA) is 196 Å². The van der Waals surface area contributed by atoms with Crippen LogP contribution >= 0.6 is 11.6 Å². The lowest BCUT2D eigenvalue weighted by Crippen LogP contribution is -2.54. The number of amides is 5. The molecule has 0 radical (unpaired) electrons. The Morgan fingerprint density at radius 1 is 1.00 bits per heavy atom. The van der Waals surface area contributed by atoms with Crippen molar-refractivity contribution in [3.05, 3.63) is 88.1 Å². The molecule has 5 amide bonds. The number of imide groups is 2. The van der Waals surface area contributed by atoms with Crippen LogP contribution in [0.15, 0.2) is 80.7 Å². The minimum atomic E-state index is -3.66. The van der Waals surface area contributed by atoms with Crippen LogP contribution in [0.4, 0.5) is 17.1 Å². The Kier molecular flexibility index (Phi) is 13.8. The maximum absolute atomic E-state index is 13.5. The Morgan fingerprint density at radius 2 is 1.70 bits per heavy atom. The number of aliphatic imine (C=N–C) groups is 2. The van der Waals surface area contributed by atoms with Gasteiger partial charge in [-0.25, -0.2) is 13.4 Å². The summed E-state index contributed by atoms with van der Waals surface area (Å²) < 4.78 is 32.8. The van der Waals surface area contributed by atoms with E-state index in [9.17, 15) is 32.4 Å². The fraction of sp³-hybridized carbons (Fsp3) is 0.386. The molecule has 0 bridgehead atoms. The van der Waals surface area contributed by atoms with Crippen LogP contribution in [0.1, 0.15) is 97.6 Å². The van der Waals surface area contributed by atoms with Gasteiger partial charge in [-0.1, -0.05) is 29.8 Å². The third-order valence-electron chi connectivity index (χ3n) is 10.9. The summed E-state index contributed by atoms with van der Waals surface area (Å²) >= 11 is 6.66. The van der Waals surface area contributed by atoms with Crippen molar-refractivity contribution in [2.75, 3.05) is 30.3 Å². The van der Waals surface area contributed by atoms with E-state index in [0.717, 1.165) is 16.0 Å². The third-order valence-corrected chi connectivity index (χ3v) is 13.3. The number of ether oxygens (including phenoxy) is 1. The molecule has 3 heterocycles. The Balaban J connectivity index is 1.13. The van der Waals surface area contributed by atoms with E-state index in [1.807, 2.05) is 37.8 Å². The van der Waals surface area contributed by atoms with Crippen LogP contribution in [-0.2, 0) is 24.2 Å². The number of carbonyl (C=O) groups is 5. The molecular weight excluding hydrogens is 822 g/mol.